The second kappa shape index (κ2) is 7.04. The fourth-order valence-corrected chi connectivity index (χ4v) is 2.54. The molecule has 0 amide bonds. The highest BCUT2D eigenvalue weighted by Crippen LogP contribution is 2.19. The van der Waals surface area contributed by atoms with Crippen LogP contribution in [-0.4, -0.2) is 35.4 Å². The number of esters is 1. The van der Waals surface area contributed by atoms with Gasteiger partial charge in [-0.3, -0.25) is 14.4 Å². The Morgan fingerprint density at radius 1 is 1.12 bits per heavy atom. The van der Waals surface area contributed by atoms with Crippen molar-refractivity contribution in [3.8, 4) is 0 Å². The predicted octanol–water partition coefficient (Wildman–Crippen LogP) is 2.69. The topological polar surface area (TPSA) is 93.3 Å². The second-order valence-corrected chi connectivity index (χ2v) is 5.42. The molecule has 1 heterocycles. The predicted molar refractivity (Wildman–Crippen MR) is 86.7 cm³/mol. The Kier molecular flexibility index (Phi) is 5.08. The molecule has 2 aromatic rings. The minimum absolute atomic E-state index is 0.132. The molecule has 0 saturated carbocycles. The van der Waals surface area contributed by atoms with Gasteiger partial charge in [0.25, 0.3) is 0 Å². The van der Waals surface area contributed by atoms with Crippen LogP contribution in [0.15, 0.2) is 24.3 Å². The molecule has 0 radical (unpaired) electrons. The van der Waals surface area contributed by atoms with Gasteiger partial charge in [0.15, 0.2) is 12.4 Å². The second-order valence-electron chi connectivity index (χ2n) is 5.42. The first-order valence-corrected chi connectivity index (χ1v) is 7.30. The van der Waals surface area contributed by atoms with E-state index in [0.29, 0.717) is 28.7 Å². The Morgan fingerprint density at radius 3 is 2.25 bits per heavy atom. The average Bonchev–Trinajstić information content (AvgIpc) is 2.87. The third kappa shape index (κ3) is 3.48. The summed E-state index contributed by atoms with van der Waals surface area (Å²) < 4.78 is 5.00. The van der Waals surface area contributed by atoms with Crippen LogP contribution in [-0.2, 0) is 4.74 Å². The summed E-state index contributed by atoms with van der Waals surface area (Å²) in [4.78, 5) is 49.2. The number of rotatable bonds is 6. The fourth-order valence-electron chi connectivity index (χ4n) is 2.54. The number of H-pyrrole nitrogens is 1. The van der Waals surface area contributed by atoms with E-state index in [-0.39, 0.29) is 17.0 Å². The van der Waals surface area contributed by atoms with E-state index in [1.807, 2.05) is 0 Å². The van der Waals surface area contributed by atoms with Crippen molar-refractivity contribution in [3.05, 3.63) is 57.9 Å². The Balaban J connectivity index is 2.07. The van der Waals surface area contributed by atoms with E-state index < -0.39 is 18.4 Å². The van der Waals surface area contributed by atoms with E-state index in [1.54, 1.807) is 13.8 Å². The zero-order valence-electron chi connectivity index (χ0n) is 13.6. The summed E-state index contributed by atoms with van der Waals surface area (Å²) in [5, 5.41) is 0. The van der Waals surface area contributed by atoms with E-state index in [0.717, 1.165) is 0 Å². The van der Waals surface area contributed by atoms with E-state index in [9.17, 15) is 19.2 Å². The lowest BCUT2D eigenvalue weighted by Crippen LogP contribution is -2.15. The van der Waals surface area contributed by atoms with Crippen LogP contribution in [0.2, 0.25) is 0 Å². The summed E-state index contributed by atoms with van der Waals surface area (Å²) in [5.41, 5.74) is 2.60. The maximum absolute atomic E-state index is 12.2. The van der Waals surface area contributed by atoms with Gasteiger partial charge in [0.2, 0.25) is 5.78 Å². The van der Waals surface area contributed by atoms with Crippen LogP contribution >= 0.6 is 0 Å². The number of carbonyl (C=O) groups excluding carboxylic acids is 4. The highest BCUT2D eigenvalue weighted by molar-refractivity contribution is 6.04. The summed E-state index contributed by atoms with van der Waals surface area (Å²) in [6.07, 6.45) is 0.668. The van der Waals surface area contributed by atoms with Crippen LogP contribution in [0.1, 0.15) is 59.7 Å². The summed E-state index contributed by atoms with van der Waals surface area (Å²) in [7, 11) is 0. The van der Waals surface area contributed by atoms with Crippen molar-refractivity contribution in [1.82, 2.24) is 4.98 Å². The number of aromatic amines is 1. The lowest BCUT2D eigenvalue weighted by atomic mass is 10.1. The summed E-state index contributed by atoms with van der Waals surface area (Å²) >= 11 is 0. The number of ketones is 2. The minimum Gasteiger partial charge on any atom is -0.454 e. The monoisotopic (exact) mass is 327 g/mol. The van der Waals surface area contributed by atoms with Gasteiger partial charge in [0.1, 0.15) is 6.29 Å². The van der Waals surface area contributed by atoms with E-state index in [2.05, 4.69) is 4.98 Å². The highest BCUT2D eigenvalue weighted by Gasteiger charge is 2.21. The number of aldehydes is 1. The average molecular weight is 327 g/mol. The molecule has 0 fully saturated rings. The lowest BCUT2D eigenvalue weighted by molar-refractivity contribution is 0.0473. The first-order chi connectivity index (χ1) is 11.3. The van der Waals surface area contributed by atoms with Gasteiger partial charge >= 0.3 is 5.97 Å². The van der Waals surface area contributed by atoms with Crippen molar-refractivity contribution in [2.45, 2.75) is 20.8 Å². The number of benzene rings is 1. The quantitative estimate of drug-likeness (QED) is 0.500. The third-order valence-electron chi connectivity index (χ3n) is 3.69. The smallest absolute Gasteiger partial charge is 0.338 e. The molecule has 124 valence electrons. The summed E-state index contributed by atoms with van der Waals surface area (Å²) in [6, 6.07) is 5.88. The molecule has 6 heteroatoms. The number of hydrogen-bond acceptors (Lipinski definition) is 5. The number of aromatic nitrogens is 1. The molecule has 0 aliphatic carbocycles. The largest absolute Gasteiger partial charge is 0.454 e. The van der Waals surface area contributed by atoms with Gasteiger partial charge < -0.3 is 9.72 Å². The van der Waals surface area contributed by atoms with E-state index in [4.69, 9.17) is 4.74 Å². The third-order valence-corrected chi connectivity index (χ3v) is 3.69. The molecule has 0 aliphatic heterocycles. The molecule has 1 N–H and O–H groups in total. The molecule has 2 rings (SSSR count). The molecule has 0 unspecified atom stereocenters. The van der Waals surface area contributed by atoms with E-state index >= 15 is 0 Å². The van der Waals surface area contributed by atoms with Crippen LogP contribution in [0.5, 0.6) is 0 Å². The number of hydrogen-bond donors (Lipinski definition) is 1. The van der Waals surface area contributed by atoms with Gasteiger partial charge in [0, 0.05) is 16.8 Å². The van der Waals surface area contributed by atoms with Crippen LogP contribution in [0.3, 0.4) is 0 Å². The van der Waals surface area contributed by atoms with Gasteiger partial charge in [-0.25, -0.2) is 4.79 Å². The highest BCUT2D eigenvalue weighted by atomic mass is 16.5. The SMILES string of the molecule is CC(=O)c1c(C)[nH]c(C(=O)COC(=O)c2ccc(C=O)cc2)c1C. The Labute approximate surface area is 138 Å². The van der Waals surface area contributed by atoms with E-state index in [1.165, 1.54) is 31.2 Å². The van der Waals surface area contributed by atoms with Gasteiger partial charge in [0.05, 0.1) is 11.3 Å². The minimum atomic E-state index is -0.659. The van der Waals surface area contributed by atoms with Gasteiger partial charge in [-0.1, -0.05) is 12.1 Å². The van der Waals surface area contributed by atoms with Crippen molar-refractivity contribution in [2.24, 2.45) is 0 Å². The van der Waals surface area contributed by atoms with Crippen LogP contribution in [0.25, 0.3) is 0 Å². The Hall–Kier alpha value is -3.02. The van der Waals surface area contributed by atoms with Gasteiger partial charge in [-0.15, -0.1) is 0 Å². The first kappa shape index (κ1) is 17.3. The molecular formula is C18H17NO5. The molecule has 0 spiro atoms. The van der Waals surface area contributed by atoms with Crippen molar-refractivity contribution < 1.29 is 23.9 Å². The van der Waals surface area contributed by atoms with Crippen molar-refractivity contribution in [1.29, 1.82) is 0 Å². The van der Waals surface area contributed by atoms with Crippen LogP contribution in [0.4, 0.5) is 0 Å². The molecule has 0 bridgehead atoms. The van der Waals surface area contributed by atoms with Gasteiger partial charge in [-0.2, -0.15) is 0 Å². The number of nitrogens with one attached hydrogen (secondary N) is 1. The molecule has 24 heavy (non-hydrogen) atoms. The standard InChI is InChI=1S/C18H17NO5/c1-10-16(12(3)21)11(2)19-17(10)15(22)9-24-18(23)14-6-4-13(8-20)5-7-14/h4-8,19H,9H2,1-3H3. The van der Waals surface area contributed by atoms with Crippen molar-refractivity contribution in [2.75, 3.05) is 6.61 Å². The zero-order chi connectivity index (χ0) is 17.9. The van der Waals surface area contributed by atoms with Crippen molar-refractivity contribution >= 4 is 23.8 Å². The number of aryl methyl sites for hydroxylation is 1. The molecule has 1 aromatic heterocycles. The lowest BCUT2D eigenvalue weighted by Gasteiger charge is -2.04. The normalized spacial score (nSPS) is 10.3. The zero-order valence-corrected chi connectivity index (χ0v) is 13.6. The summed E-state index contributed by atoms with van der Waals surface area (Å²) in [6.45, 7) is 4.38. The molecule has 0 aliphatic rings. The maximum Gasteiger partial charge on any atom is 0.338 e. The maximum atomic E-state index is 12.2. The summed E-state index contributed by atoms with van der Waals surface area (Å²) in [5.74, 6) is -1.21. The Morgan fingerprint density at radius 2 is 1.75 bits per heavy atom. The molecule has 0 saturated heterocycles. The molecule has 0 atom stereocenters. The van der Waals surface area contributed by atoms with Crippen molar-refractivity contribution in [3.63, 3.8) is 0 Å². The van der Waals surface area contributed by atoms with Crippen LogP contribution in [0, 0.1) is 13.8 Å². The molecule has 1 aromatic carbocycles. The number of ether oxygens (including phenoxy) is 1. The fraction of sp³-hybridized carbons (Fsp3) is 0.222. The molecular weight excluding hydrogens is 310 g/mol. The Bertz CT molecular complexity index is 815. The number of Topliss-reactive ketones (excluding diaryl/α,β-unsaturated/α-hetero) is 2. The van der Waals surface area contributed by atoms with Gasteiger partial charge in [-0.05, 0) is 38.5 Å². The first-order valence-electron chi connectivity index (χ1n) is 7.30. The number of carbonyl (C=O) groups is 4. The van der Waals surface area contributed by atoms with Crippen LogP contribution < -0.4 is 0 Å². The molecule has 6 nitrogen and oxygen atoms in total.